The average molecular weight is 437 g/mol. The molecule has 1 aliphatic heterocycles. The molecule has 0 spiro atoms. The van der Waals surface area contributed by atoms with Gasteiger partial charge >= 0.3 is 0 Å². The summed E-state index contributed by atoms with van der Waals surface area (Å²) < 4.78 is 51.6. The molecule has 2 aromatic rings. The lowest BCUT2D eigenvalue weighted by Crippen LogP contribution is -2.50. The highest BCUT2D eigenvalue weighted by Gasteiger charge is 2.32. The quantitative estimate of drug-likeness (QED) is 0.594. The van der Waals surface area contributed by atoms with Gasteiger partial charge in [0.15, 0.2) is 0 Å². The molecule has 1 saturated heterocycles. The smallest absolute Gasteiger partial charge is 0.257 e. The van der Waals surface area contributed by atoms with Crippen LogP contribution in [0.3, 0.4) is 0 Å². The molecule has 0 aliphatic carbocycles. The molecule has 1 fully saturated rings. The van der Waals surface area contributed by atoms with E-state index in [1.165, 1.54) is 22.5 Å². The maximum absolute atomic E-state index is 14.0. The Morgan fingerprint density at radius 2 is 1.67 bits per heavy atom. The normalized spacial score (nSPS) is 15.2. The summed E-state index contributed by atoms with van der Waals surface area (Å²) in [5.74, 6) is -0.553. The lowest BCUT2D eigenvalue weighted by molar-refractivity contribution is 0.0688. The Hall–Kier alpha value is -2.49. The number of para-hydroxylation sites is 1. The second-order valence-electron chi connectivity index (χ2n) is 6.67. The van der Waals surface area contributed by atoms with Gasteiger partial charge < -0.3 is 14.4 Å². The number of rotatable bonds is 8. The van der Waals surface area contributed by atoms with Crippen molar-refractivity contribution in [2.75, 3.05) is 46.0 Å². The third-order valence-corrected chi connectivity index (χ3v) is 6.72. The molecule has 7 nitrogen and oxygen atoms in total. The molecule has 0 aromatic heterocycles. The van der Waals surface area contributed by atoms with Crippen LogP contribution in [0.15, 0.2) is 53.4 Å². The second-order valence-corrected chi connectivity index (χ2v) is 8.57. The van der Waals surface area contributed by atoms with Crippen molar-refractivity contribution in [2.24, 2.45) is 0 Å². The number of halogens is 1. The largest absolute Gasteiger partial charge is 0.490 e. The van der Waals surface area contributed by atoms with Gasteiger partial charge in [-0.3, -0.25) is 4.79 Å². The van der Waals surface area contributed by atoms with Crippen molar-refractivity contribution in [1.29, 1.82) is 0 Å². The van der Waals surface area contributed by atoms with E-state index in [1.807, 2.05) is 6.92 Å². The number of nitrogens with zero attached hydrogens (tertiary/aromatic N) is 2. The molecule has 0 atom stereocenters. The predicted molar refractivity (Wildman–Crippen MR) is 109 cm³/mol. The molecule has 0 radical (unpaired) electrons. The van der Waals surface area contributed by atoms with Crippen LogP contribution in [0, 0.1) is 5.82 Å². The van der Waals surface area contributed by atoms with Crippen LogP contribution in [-0.4, -0.2) is 69.5 Å². The van der Waals surface area contributed by atoms with Gasteiger partial charge in [-0.2, -0.15) is 4.31 Å². The van der Waals surface area contributed by atoms with Crippen molar-refractivity contribution in [3.05, 3.63) is 59.9 Å². The van der Waals surface area contributed by atoms with E-state index in [-0.39, 0.29) is 37.0 Å². The SMILES string of the molecule is CCOCCOc1ccccc1C(=O)N1CCN(S(=O)(=O)c2ccccc2F)CC1. The molecule has 1 heterocycles. The first-order chi connectivity index (χ1) is 14.4. The predicted octanol–water partition coefficient (Wildman–Crippen LogP) is 2.39. The van der Waals surface area contributed by atoms with E-state index in [9.17, 15) is 17.6 Å². The standard InChI is InChI=1S/C21H25FN2O5S/c1-2-28-15-16-29-19-9-5-3-7-17(19)21(25)23-11-13-24(14-12-23)30(26,27)20-10-6-4-8-18(20)22/h3-10H,2,11-16H2,1H3. The van der Waals surface area contributed by atoms with Gasteiger partial charge in [0, 0.05) is 32.8 Å². The number of piperazine rings is 1. The van der Waals surface area contributed by atoms with Crippen molar-refractivity contribution in [1.82, 2.24) is 9.21 Å². The molecule has 3 rings (SSSR count). The zero-order valence-corrected chi connectivity index (χ0v) is 17.6. The number of carbonyl (C=O) groups is 1. The Kier molecular flexibility index (Phi) is 7.41. The highest BCUT2D eigenvalue weighted by atomic mass is 32.2. The zero-order chi connectivity index (χ0) is 21.6. The lowest BCUT2D eigenvalue weighted by atomic mass is 10.1. The summed E-state index contributed by atoms with van der Waals surface area (Å²) in [5.41, 5.74) is 0.416. The van der Waals surface area contributed by atoms with Crippen LogP contribution in [0.4, 0.5) is 4.39 Å². The van der Waals surface area contributed by atoms with Crippen LogP contribution >= 0.6 is 0 Å². The Labute approximate surface area is 176 Å². The molecular formula is C21H25FN2O5S. The number of carbonyl (C=O) groups excluding carboxylic acids is 1. The summed E-state index contributed by atoms with van der Waals surface area (Å²) in [6.45, 7) is 3.83. The Balaban J connectivity index is 1.66. The average Bonchev–Trinajstić information content (AvgIpc) is 2.77. The van der Waals surface area contributed by atoms with Gasteiger partial charge in [-0.05, 0) is 31.2 Å². The second kappa shape index (κ2) is 10.0. The first-order valence-electron chi connectivity index (χ1n) is 9.78. The summed E-state index contributed by atoms with van der Waals surface area (Å²) in [4.78, 5) is 14.2. The molecule has 0 bridgehead atoms. The van der Waals surface area contributed by atoms with Gasteiger partial charge in [0.25, 0.3) is 5.91 Å². The van der Waals surface area contributed by atoms with Gasteiger partial charge in [-0.1, -0.05) is 24.3 Å². The number of amides is 1. The van der Waals surface area contributed by atoms with Gasteiger partial charge in [-0.25, -0.2) is 12.8 Å². The summed E-state index contributed by atoms with van der Waals surface area (Å²) >= 11 is 0. The number of hydrogen-bond acceptors (Lipinski definition) is 5. The Morgan fingerprint density at radius 1 is 1.00 bits per heavy atom. The first-order valence-corrected chi connectivity index (χ1v) is 11.2. The van der Waals surface area contributed by atoms with E-state index >= 15 is 0 Å². The van der Waals surface area contributed by atoms with Crippen LogP contribution in [0.2, 0.25) is 0 Å². The summed E-state index contributed by atoms with van der Waals surface area (Å²) in [6.07, 6.45) is 0. The maximum atomic E-state index is 14.0. The summed E-state index contributed by atoms with van der Waals surface area (Å²) in [5, 5.41) is 0. The third-order valence-electron chi connectivity index (χ3n) is 4.79. The van der Waals surface area contributed by atoms with Crippen molar-refractivity contribution in [3.63, 3.8) is 0 Å². The van der Waals surface area contributed by atoms with E-state index in [4.69, 9.17) is 9.47 Å². The monoisotopic (exact) mass is 436 g/mol. The van der Waals surface area contributed by atoms with Crippen molar-refractivity contribution in [2.45, 2.75) is 11.8 Å². The number of sulfonamides is 1. The van der Waals surface area contributed by atoms with Gasteiger partial charge in [0.2, 0.25) is 10.0 Å². The first kappa shape index (κ1) is 22.2. The highest BCUT2D eigenvalue weighted by Crippen LogP contribution is 2.23. The fourth-order valence-corrected chi connectivity index (χ4v) is 4.71. The van der Waals surface area contributed by atoms with Crippen molar-refractivity contribution >= 4 is 15.9 Å². The summed E-state index contributed by atoms with van der Waals surface area (Å²) in [7, 11) is -3.95. The van der Waals surface area contributed by atoms with Crippen LogP contribution < -0.4 is 4.74 Å². The van der Waals surface area contributed by atoms with E-state index < -0.39 is 15.8 Å². The lowest BCUT2D eigenvalue weighted by Gasteiger charge is -2.34. The van der Waals surface area contributed by atoms with Crippen LogP contribution in [-0.2, 0) is 14.8 Å². The maximum Gasteiger partial charge on any atom is 0.257 e. The minimum atomic E-state index is -3.95. The fraction of sp³-hybridized carbons (Fsp3) is 0.381. The zero-order valence-electron chi connectivity index (χ0n) is 16.8. The van der Waals surface area contributed by atoms with Crippen molar-refractivity contribution in [3.8, 4) is 5.75 Å². The molecule has 0 unspecified atom stereocenters. The molecule has 2 aromatic carbocycles. The van der Waals surface area contributed by atoms with Crippen LogP contribution in [0.5, 0.6) is 5.75 Å². The van der Waals surface area contributed by atoms with E-state index in [0.29, 0.717) is 31.1 Å². The molecular weight excluding hydrogens is 411 g/mol. The molecule has 9 heteroatoms. The minimum Gasteiger partial charge on any atom is -0.490 e. The van der Waals surface area contributed by atoms with Crippen LogP contribution in [0.1, 0.15) is 17.3 Å². The minimum absolute atomic E-state index is 0.0930. The van der Waals surface area contributed by atoms with Gasteiger partial charge in [0.1, 0.15) is 23.1 Å². The molecule has 0 N–H and O–H groups in total. The Morgan fingerprint density at radius 3 is 2.37 bits per heavy atom. The van der Waals surface area contributed by atoms with E-state index in [2.05, 4.69) is 0 Å². The summed E-state index contributed by atoms with van der Waals surface area (Å²) in [6, 6.07) is 12.2. The Bertz CT molecular complexity index is 975. The highest BCUT2D eigenvalue weighted by molar-refractivity contribution is 7.89. The molecule has 1 amide bonds. The molecule has 0 saturated carbocycles. The number of hydrogen-bond donors (Lipinski definition) is 0. The number of benzene rings is 2. The van der Waals surface area contributed by atoms with E-state index in [1.54, 1.807) is 29.2 Å². The molecule has 162 valence electrons. The number of ether oxygens (including phenoxy) is 2. The fourth-order valence-electron chi connectivity index (χ4n) is 3.22. The van der Waals surface area contributed by atoms with Gasteiger partial charge in [0.05, 0.1) is 12.2 Å². The van der Waals surface area contributed by atoms with Crippen LogP contribution in [0.25, 0.3) is 0 Å². The molecule has 30 heavy (non-hydrogen) atoms. The topological polar surface area (TPSA) is 76.2 Å². The van der Waals surface area contributed by atoms with Gasteiger partial charge in [-0.15, -0.1) is 0 Å². The van der Waals surface area contributed by atoms with Crippen molar-refractivity contribution < 1.29 is 27.1 Å². The van der Waals surface area contributed by atoms with E-state index in [0.717, 1.165) is 6.07 Å². The molecule has 1 aliphatic rings. The third kappa shape index (κ3) is 4.97.